The summed E-state index contributed by atoms with van der Waals surface area (Å²) in [5, 5.41) is 9.40. The Bertz CT molecular complexity index is 555. The summed E-state index contributed by atoms with van der Waals surface area (Å²) < 4.78 is 0. The van der Waals surface area contributed by atoms with Crippen LogP contribution in [0.4, 0.5) is 5.82 Å². The van der Waals surface area contributed by atoms with E-state index in [-0.39, 0.29) is 5.82 Å². The number of hydrogen-bond donors (Lipinski definition) is 1. The van der Waals surface area contributed by atoms with E-state index in [0.29, 0.717) is 10.6 Å². The van der Waals surface area contributed by atoms with Crippen molar-refractivity contribution >= 4 is 17.4 Å². The molecule has 2 aromatic rings. The number of anilines is 1. The topological polar surface area (TPSA) is 62.7 Å². The van der Waals surface area contributed by atoms with Crippen molar-refractivity contribution < 1.29 is 0 Å². The van der Waals surface area contributed by atoms with Crippen molar-refractivity contribution in [3.05, 3.63) is 47.0 Å². The molecule has 16 heavy (non-hydrogen) atoms. The predicted octanol–water partition coefficient (Wildman–Crippen LogP) is 2.86. The van der Waals surface area contributed by atoms with E-state index in [1.165, 1.54) is 0 Å². The first kappa shape index (κ1) is 10.5. The Morgan fingerprint density at radius 3 is 2.38 bits per heavy atom. The predicted molar refractivity (Wildman–Crippen MR) is 63.8 cm³/mol. The van der Waals surface area contributed by atoms with Gasteiger partial charge in [-0.2, -0.15) is 5.26 Å². The van der Waals surface area contributed by atoms with Crippen molar-refractivity contribution in [1.82, 2.24) is 4.98 Å². The fraction of sp³-hybridized carbons (Fsp3) is 0. The Morgan fingerprint density at radius 1 is 1.12 bits per heavy atom. The first-order valence-corrected chi connectivity index (χ1v) is 5.01. The van der Waals surface area contributed by atoms with Gasteiger partial charge in [0.2, 0.25) is 0 Å². The molecule has 0 radical (unpaired) electrons. The Kier molecular flexibility index (Phi) is 2.76. The summed E-state index contributed by atoms with van der Waals surface area (Å²) >= 11 is 5.79. The van der Waals surface area contributed by atoms with Gasteiger partial charge in [0.1, 0.15) is 11.9 Å². The zero-order chi connectivity index (χ0) is 11.5. The molecule has 1 aromatic carbocycles. The van der Waals surface area contributed by atoms with Gasteiger partial charge in [0, 0.05) is 10.6 Å². The van der Waals surface area contributed by atoms with Crippen LogP contribution in [0.2, 0.25) is 5.02 Å². The maximum absolute atomic E-state index is 8.73. The average molecular weight is 230 g/mol. The lowest BCUT2D eigenvalue weighted by Crippen LogP contribution is -1.95. The van der Waals surface area contributed by atoms with E-state index < -0.39 is 0 Å². The molecule has 3 nitrogen and oxygen atoms in total. The SMILES string of the molecule is N#Cc1ccc(-c2ccc(Cl)cc2)nc1N. The minimum atomic E-state index is 0.245. The van der Waals surface area contributed by atoms with Crippen LogP contribution in [0.1, 0.15) is 5.56 Å². The van der Waals surface area contributed by atoms with Crippen LogP contribution in [0.5, 0.6) is 0 Å². The average Bonchev–Trinajstić information content (AvgIpc) is 2.30. The van der Waals surface area contributed by atoms with Crippen LogP contribution in [0, 0.1) is 11.3 Å². The van der Waals surface area contributed by atoms with Crippen molar-refractivity contribution in [2.24, 2.45) is 0 Å². The molecule has 0 atom stereocenters. The van der Waals surface area contributed by atoms with Gasteiger partial charge in [-0.1, -0.05) is 23.7 Å². The molecule has 0 aliphatic carbocycles. The molecular formula is C12H8ClN3. The molecule has 0 aliphatic heterocycles. The third-order valence-electron chi connectivity index (χ3n) is 2.19. The summed E-state index contributed by atoms with van der Waals surface area (Å²) in [4.78, 5) is 4.16. The van der Waals surface area contributed by atoms with Crippen LogP contribution in [-0.4, -0.2) is 4.98 Å². The van der Waals surface area contributed by atoms with Crippen molar-refractivity contribution in [3.8, 4) is 17.3 Å². The van der Waals surface area contributed by atoms with Crippen molar-refractivity contribution in [2.75, 3.05) is 5.73 Å². The maximum Gasteiger partial charge on any atom is 0.142 e. The van der Waals surface area contributed by atoms with E-state index in [1.54, 1.807) is 24.3 Å². The van der Waals surface area contributed by atoms with Crippen LogP contribution >= 0.6 is 11.6 Å². The lowest BCUT2D eigenvalue weighted by molar-refractivity contribution is 1.31. The summed E-state index contributed by atoms with van der Waals surface area (Å²) in [6, 6.07) is 12.7. The van der Waals surface area contributed by atoms with Gasteiger partial charge in [-0.3, -0.25) is 0 Å². The van der Waals surface area contributed by atoms with Gasteiger partial charge < -0.3 is 5.73 Å². The maximum atomic E-state index is 8.73. The highest BCUT2D eigenvalue weighted by molar-refractivity contribution is 6.30. The number of nitrogens with zero attached hydrogens (tertiary/aromatic N) is 2. The highest BCUT2D eigenvalue weighted by Gasteiger charge is 2.03. The number of rotatable bonds is 1. The summed E-state index contributed by atoms with van der Waals surface area (Å²) in [5.41, 5.74) is 7.67. The molecule has 0 saturated heterocycles. The van der Waals surface area contributed by atoms with E-state index in [9.17, 15) is 0 Å². The van der Waals surface area contributed by atoms with E-state index in [4.69, 9.17) is 22.6 Å². The molecule has 78 valence electrons. The molecule has 4 heteroatoms. The normalized spacial score (nSPS) is 9.75. The summed E-state index contributed by atoms with van der Waals surface area (Å²) in [7, 11) is 0. The first-order chi connectivity index (χ1) is 7.70. The number of pyridine rings is 1. The second kappa shape index (κ2) is 4.21. The van der Waals surface area contributed by atoms with Crippen molar-refractivity contribution in [1.29, 1.82) is 5.26 Å². The van der Waals surface area contributed by atoms with Crippen LogP contribution in [-0.2, 0) is 0 Å². The highest BCUT2D eigenvalue weighted by atomic mass is 35.5. The fourth-order valence-electron chi connectivity index (χ4n) is 1.35. The number of nitrogen functional groups attached to an aromatic ring is 1. The lowest BCUT2D eigenvalue weighted by atomic mass is 10.1. The molecule has 0 bridgehead atoms. The quantitative estimate of drug-likeness (QED) is 0.818. The Labute approximate surface area is 98.1 Å². The van der Waals surface area contributed by atoms with Crippen molar-refractivity contribution in [3.63, 3.8) is 0 Å². The van der Waals surface area contributed by atoms with Gasteiger partial charge in [-0.25, -0.2) is 4.98 Å². The van der Waals surface area contributed by atoms with Gasteiger partial charge in [0.25, 0.3) is 0 Å². The van der Waals surface area contributed by atoms with Gasteiger partial charge in [0.05, 0.1) is 11.3 Å². The minimum Gasteiger partial charge on any atom is -0.383 e. The second-order valence-electron chi connectivity index (χ2n) is 3.25. The fourth-order valence-corrected chi connectivity index (χ4v) is 1.48. The van der Waals surface area contributed by atoms with Crippen molar-refractivity contribution in [2.45, 2.75) is 0 Å². The molecule has 0 fully saturated rings. The van der Waals surface area contributed by atoms with Crippen LogP contribution in [0.25, 0.3) is 11.3 Å². The number of benzene rings is 1. The van der Waals surface area contributed by atoms with E-state index in [2.05, 4.69) is 4.98 Å². The third kappa shape index (κ3) is 1.97. The Morgan fingerprint density at radius 2 is 1.81 bits per heavy atom. The Balaban J connectivity index is 2.46. The highest BCUT2D eigenvalue weighted by Crippen LogP contribution is 2.21. The standard InChI is InChI=1S/C12H8ClN3/c13-10-4-1-8(2-5-10)11-6-3-9(7-14)12(15)16-11/h1-6H,(H2,15,16). The molecule has 2 rings (SSSR count). The zero-order valence-corrected chi connectivity index (χ0v) is 9.07. The monoisotopic (exact) mass is 229 g/mol. The van der Waals surface area contributed by atoms with Gasteiger partial charge in [-0.15, -0.1) is 0 Å². The molecule has 1 aromatic heterocycles. The number of aromatic nitrogens is 1. The molecule has 1 heterocycles. The third-order valence-corrected chi connectivity index (χ3v) is 2.44. The van der Waals surface area contributed by atoms with Crippen LogP contribution < -0.4 is 5.73 Å². The lowest BCUT2D eigenvalue weighted by Gasteiger charge is -2.03. The zero-order valence-electron chi connectivity index (χ0n) is 8.31. The number of halogens is 1. The number of nitriles is 1. The van der Waals surface area contributed by atoms with Crippen LogP contribution in [0.15, 0.2) is 36.4 Å². The number of hydrogen-bond acceptors (Lipinski definition) is 3. The first-order valence-electron chi connectivity index (χ1n) is 4.63. The van der Waals surface area contributed by atoms with E-state index in [1.807, 2.05) is 18.2 Å². The minimum absolute atomic E-state index is 0.245. The molecule has 0 aliphatic rings. The van der Waals surface area contributed by atoms with Gasteiger partial charge in [0.15, 0.2) is 0 Å². The number of nitrogens with two attached hydrogens (primary N) is 1. The van der Waals surface area contributed by atoms with E-state index in [0.717, 1.165) is 11.3 Å². The van der Waals surface area contributed by atoms with E-state index >= 15 is 0 Å². The smallest absolute Gasteiger partial charge is 0.142 e. The molecule has 0 spiro atoms. The molecule has 0 unspecified atom stereocenters. The summed E-state index contributed by atoms with van der Waals surface area (Å²) in [6.45, 7) is 0. The molecule has 2 N–H and O–H groups in total. The summed E-state index contributed by atoms with van der Waals surface area (Å²) in [5.74, 6) is 0.245. The molecule has 0 saturated carbocycles. The second-order valence-corrected chi connectivity index (χ2v) is 3.68. The van der Waals surface area contributed by atoms with Gasteiger partial charge in [-0.05, 0) is 24.3 Å². The largest absolute Gasteiger partial charge is 0.383 e. The molecular weight excluding hydrogens is 222 g/mol. The van der Waals surface area contributed by atoms with Crippen LogP contribution in [0.3, 0.4) is 0 Å². The Hall–Kier alpha value is -2.05. The molecule has 0 amide bonds. The van der Waals surface area contributed by atoms with Gasteiger partial charge >= 0.3 is 0 Å². The summed E-state index contributed by atoms with van der Waals surface area (Å²) in [6.07, 6.45) is 0.